The largest absolute Gasteiger partial charge is 0.469 e. The molecule has 0 spiro atoms. The van der Waals surface area contributed by atoms with Crippen LogP contribution < -0.4 is 0 Å². The highest BCUT2D eigenvalue weighted by atomic mass is 32.2. The van der Waals surface area contributed by atoms with E-state index in [0.717, 1.165) is 30.8 Å². The highest BCUT2D eigenvalue weighted by molar-refractivity contribution is 7.97. The van der Waals surface area contributed by atoms with Gasteiger partial charge in [0.15, 0.2) is 0 Å². The van der Waals surface area contributed by atoms with Gasteiger partial charge in [-0.25, -0.2) is 9.29 Å². The summed E-state index contributed by atoms with van der Waals surface area (Å²) >= 11 is 1.55. The summed E-state index contributed by atoms with van der Waals surface area (Å²) < 4.78 is 19.6. The van der Waals surface area contributed by atoms with Crippen LogP contribution in [0.1, 0.15) is 12.8 Å². The van der Waals surface area contributed by atoms with E-state index in [0.29, 0.717) is 0 Å². The number of carbonyl (C=O) groups excluding carboxylic acids is 1. The minimum Gasteiger partial charge on any atom is -0.469 e. The number of rotatable bonds is 3. The van der Waals surface area contributed by atoms with Gasteiger partial charge in [0.2, 0.25) is 5.95 Å². The van der Waals surface area contributed by atoms with Crippen molar-refractivity contribution in [2.24, 2.45) is 5.92 Å². The van der Waals surface area contributed by atoms with Gasteiger partial charge in [-0.2, -0.15) is 4.39 Å². The quantitative estimate of drug-likeness (QED) is 0.478. The van der Waals surface area contributed by atoms with Gasteiger partial charge < -0.3 is 4.74 Å². The molecule has 0 aromatic carbocycles. The van der Waals surface area contributed by atoms with Crippen molar-refractivity contribution < 1.29 is 13.9 Å². The third-order valence-electron chi connectivity index (χ3n) is 2.92. The smallest absolute Gasteiger partial charge is 0.308 e. The Morgan fingerprint density at radius 1 is 1.50 bits per heavy atom. The van der Waals surface area contributed by atoms with Crippen LogP contribution in [0.3, 0.4) is 0 Å². The molecule has 0 N–H and O–H groups in total. The Hall–Kier alpha value is -1.14. The van der Waals surface area contributed by atoms with Gasteiger partial charge in [0.05, 0.1) is 13.0 Å². The number of esters is 1. The number of nitrogens with zero attached hydrogens (tertiary/aromatic N) is 2. The lowest BCUT2D eigenvalue weighted by molar-refractivity contribution is -0.146. The Balaban J connectivity index is 1.83. The Kier molecular flexibility index (Phi) is 4.54. The zero-order chi connectivity index (χ0) is 13.0. The van der Waals surface area contributed by atoms with Crippen molar-refractivity contribution in [3.05, 3.63) is 24.3 Å². The predicted molar refractivity (Wildman–Crippen MR) is 66.4 cm³/mol. The number of aromatic nitrogens is 1. The molecule has 0 aliphatic carbocycles. The number of hydrogen-bond donors (Lipinski definition) is 0. The van der Waals surface area contributed by atoms with Crippen molar-refractivity contribution in [3.8, 4) is 0 Å². The molecule has 1 fully saturated rings. The SMILES string of the molecule is COC(=O)C1CCN(Sc2ccc(F)nc2)CC1. The van der Waals surface area contributed by atoms with E-state index >= 15 is 0 Å². The number of methoxy groups -OCH3 is 1. The molecule has 0 saturated carbocycles. The molecule has 0 amide bonds. The maximum atomic E-state index is 12.7. The second kappa shape index (κ2) is 6.15. The molecule has 2 heterocycles. The summed E-state index contributed by atoms with van der Waals surface area (Å²) in [7, 11) is 1.42. The first-order valence-electron chi connectivity index (χ1n) is 5.81. The van der Waals surface area contributed by atoms with Crippen molar-refractivity contribution in [1.29, 1.82) is 0 Å². The summed E-state index contributed by atoms with van der Waals surface area (Å²) in [5.74, 6) is -0.579. The van der Waals surface area contributed by atoms with Crippen molar-refractivity contribution >= 4 is 17.9 Å². The van der Waals surface area contributed by atoms with Gasteiger partial charge in [-0.15, -0.1) is 0 Å². The molecule has 1 aliphatic heterocycles. The molecule has 6 heteroatoms. The van der Waals surface area contributed by atoms with Crippen LogP contribution >= 0.6 is 11.9 Å². The van der Waals surface area contributed by atoms with Crippen molar-refractivity contribution in [3.63, 3.8) is 0 Å². The number of ether oxygens (including phenoxy) is 1. The second-order valence-electron chi connectivity index (χ2n) is 4.13. The van der Waals surface area contributed by atoms with Crippen LogP contribution in [0.2, 0.25) is 0 Å². The van der Waals surface area contributed by atoms with E-state index in [1.807, 2.05) is 0 Å². The van der Waals surface area contributed by atoms with Crippen LogP contribution in [-0.2, 0) is 9.53 Å². The maximum absolute atomic E-state index is 12.7. The molecule has 0 atom stereocenters. The Bertz CT molecular complexity index is 405. The van der Waals surface area contributed by atoms with E-state index in [1.54, 1.807) is 18.0 Å². The Morgan fingerprint density at radius 2 is 2.22 bits per heavy atom. The molecule has 98 valence electrons. The highest BCUT2D eigenvalue weighted by Crippen LogP contribution is 2.28. The van der Waals surface area contributed by atoms with E-state index in [9.17, 15) is 9.18 Å². The molecule has 0 bridgehead atoms. The van der Waals surface area contributed by atoms with Crippen molar-refractivity contribution in [1.82, 2.24) is 9.29 Å². The average molecular weight is 270 g/mol. The normalized spacial score (nSPS) is 17.7. The fraction of sp³-hybridized carbons (Fsp3) is 0.500. The van der Waals surface area contributed by atoms with Crippen LogP contribution in [-0.4, -0.2) is 35.5 Å². The predicted octanol–water partition coefficient (Wildman–Crippen LogP) is 2.11. The van der Waals surface area contributed by atoms with Crippen molar-refractivity contribution in [2.45, 2.75) is 17.7 Å². The standard InChI is InChI=1S/C12H15FN2O2S/c1-17-12(16)9-4-6-15(7-5-9)18-10-2-3-11(13)14-8-10/h2-3,8-9H,4-7H2,1H3. The van der Waals surface area contributed by atoms with Crippen LogP contribution in [0, 0.1) is 11.9 Å². The van der Waals surface area contributed by atoms with E-state index in [-0.39, 0.29) is 11.9 Å². The van der Waals surface area contributed by atoms with E-state index in [1.165, 1.54) is 19.4 Å². The van der Waals surface area contributed by atoms with Gasteiger partial charge in [-0.05, 0) is 36.9 Å². The summed E-state index contributed by atoms with van der Waals surface area (Å²) in [6.45, 7) is 1.64. The third-order valence-corrected chi connectivity index (χ3v) is 4.00. The lowest BCUT2D eigenvalue weighted by Gasteiger charge is -2.29. The van der Waals surface area contributed by atoms with Gasteiger partial charge in [0, 0.05) is 24.2 Å². The van der Waals surface area contributed by atoms with Crippen LogP contribution in [0.15, 0.2) is 23.2 Å². The summed E-state index contributed by atoms with van der Waals surface area (Å²) in [5, 5.41) is 0. The molecule has 2 rings (SSSR count). The molecular formula is C12H15FN2O2S. The average Bonchev–Trinajstić information content (AvgIpc) is 2.41. The number of pyridine rings is 1. The molecule has 1 aromatic rings. The number of hydrogen-bond acceptors (Lipinski definition) is 5. The molecule has 1 saturated heterocycles. The lowest BCUT2D eigenvalue weighted by atomic mass is 9.99. The first-order chi connectivity index (χ1) is 8.69. The summed E-state index contributed by atoms with van der Waals surface area (Å²) in [4.78, 5) is 15.9. The second-order valence-corrected chi connectivity index (χ2v) is 5.30. The summed E-state index contributed by atoms with van der Waals surface area (Å²) in [5.41, 5.74) is 0. The molecule has 4 nitrogen and oxygen atoms in total. The zero-order valence-electron chi connectivity index (χ0n) is 10.1. The molecule has 1 aromatic heterocycles. The summed E-state index contributed by atoms with van der Waals surface area (Å²) in [6, 6.07) is 3.06. The molecule has 0 unspecified atom stereocenters. The molecule has 18 heavy (non-hydrogen) atoms. The highest BCUT2D eigenvalue weighted by Gasteiger charge is 2.25. The maximum Gasteiger partial charge on any atom is 0.308 e. The first-order valence-corrected chi connectivity index (χ1v) is 6.58. The third kappa shape index (κ3) is 3.43. The zero-order valence-corrected chi connectivity index (χ0v) is 11.0. The Morgan fingerprint density at radius 3 is 2.78 bits per heavy atom. The fourth-order valence-corrected chi connectivity index (χ4v) is 2.84. The topological polar surface area (TPSA) is 42.4 Å². The van der Waals surface area contributed by atoms with E-state index in [2.05, 4.69) is 9.29 Å². The summed E-state index contributed by atoms with van der Waals surface area (Å²) in [6.07, 6.45) is 3.12. The van der Waals surface area contributed by atoms with Gasteiger partial charge in [-0.3, -0.25) is 4.79 Å². The van der Waals surface area contributed by atoms with E-state index in [4.69, 9.17) is 4.74 Å². The lowest BCUT2D eigenvalue weighted by Crippen LogP contribution is -2.32. The fourth-order valence-electron chi connectivity index (χ4n) is 1.91. The van der Waals surface area contributed by atoms with Gasteiger partial charge in [0.1, 0.15) is 0 Å². The Labute approximate surface area is 110 Å². The molecule has 1 aliphatic rings. The number of halogens is 1. The minimum atomic E-state index is -0.469. The number of carbonyl (C=O) groups is 1. The van der Waals surface area contributed by atoms with Crippen molar-refractivity contribution in [2.75, 3.05) is 20.2 Å². The van der Waals surface area contributed by atoms with Crippen LogP contribution in [0.5, 0.6) is 0 Å². The first kappa shape index (κ1) is 13.3. The molecular weight excluding hydrogens is 255 g/mol. The van der Waals surface area contributed by atoms with Gasteiger partial charge >= 0.3 is 5.97 Å². The minimum absolute atomic E-state index is 0.0122. The monoisotopic (exact) mass is 270 g/mol. The van der Waals surface area contributed by atoms with Crippen LogP contribution in [0.25, 0.3) is 0 Å². The number of piperidine rings is 1. The molecule has 0 radical (unpaired) electrons. The van der Waals surface area contributed by atoms with E-state index < -0.39 is 5.95 Å². The van der Waals surface area contributed by atoms with Gasteiger partial charge in [0.25, 0.3) is 0 Å². The van der Waals surface area contributed by atoms with Crippen LogP contribution in [0.4, 0.5) is 4.39 Å². The van der Waals surface area contributed by atoms with Gasteiger partial charge in [-0.1, -0.05) is 0 Å².